The first-order chi connectivity index (χ1) is 15.1. The van der Waals surface area contributed by atoms with Gasteiger partial charge < -0.3 is 9.47 Å². The fraction of sp³-hybridized carbons (Fsp3) is 0.286. The van der Waals surface area contributed by atoms with E-state index >= 15 is 0 Å². The second-order valence-corrected chi connectivity index (χ2v) is 8.73. The number of halogens is 1. The first-order valence-corrected chi connectivity index (χ1v) is 11.4. The van der Waals surface area contributed by atoms with Crippen LogP contribution >= 0.6 is 11.6 Å². The van der Waals surface area contributed by atoms with Crippen LogP contribution < -0.4 is 10.1 Å². The first kappa shape index (κ1) is 25.3. The molecule has 2 amide bonds. The lowest BCUT2D eigenvalue weighted by atomic mass is 10.2. The molecule has 0 aliphatic rings. The van der Waals surface area contributed by atoms with Crippen molar-refractivity contribution in [2.75, 3.05) is 26.8 Å². The van der Waals surface area contributed by atoms with Crippen molar-refractivity contribution in [3.05, 3.63) is 58.6 Å². The van der Waals surface area contributed by atoms with Gasteiger partial charge in [0.2, 0.25) is 10.0 Å². The lowest BCUT2D eigenvalue weighted by Gasteiger charge is -2.19. The van der Waals surface area contributed by atoms with Gasteiger partial charge in [0.05, 0.1) is 28.2 Å². The molecule has 0 unspecified atom stereocenters. The van der Waals surface area contributed by atoms with Gasteiger partial charge in [-0.05, 0) is 30.3 Å². The second kappa shape index (κ2) is 11.1. The van der Waals surface area contributed by atoms with Crippen molar-refractivity contribution in [2.24, 2.45) is 0 Å². The minimum Gasteiger partial charge on any atom is -0.496 e. The Balaban J connectivity index is 2.09. The van der Waals surface area contributed by atoms with E-state index in [9.17, 15) is 22.8 Å². The Morgan fingerprint density at radius 1 is 1.03 bits per heavy atom. The Morgan fingerprint density at radius 3 is 2.31 bits per heavy atom. The molecule has 2 aromatic carbocycles. The van der Waals surface area contributed by atoms with E-state index in [2.05, 4.69) is 5.32 Å². The van der Waals surface area contributed by atoms with E-state index in [0.29, 0.717) is 0 Å². The number of rotatable bonds is 9. The highest BCUT2D eigenvalue weighted by molar-refractivity contribution is 7.89. The van der Waals surface area contributed by atoms with E-state index in [4.69, 9.17) is 21.1 Å². The maximum Gasteiger partial charge on any atom is 0.340 e. The van der Waals surface area contributed by atoms with Gasteiger partial charge in [0.25, 0.3) is 11.8 Å². The summed E-state index contributed by atoms with van der Waals surface area (Å²) < 4.78 is 36.6. The van der Waals surface area contributed by atoms with Crippen LogP contribution in [0.3, 0.4) is 0 Å². The zero-order chi connectivity index (χ0) is 23.9. The highest BCUT2D eigenvalue weighted by Crippen LogP contribution is 2.24. The summed E-state index contributed by atoms with van der Waals surface area (Å²) in [6, 6.07) is 9.93. The Kier molecular flexibility index (Phi) is 8.76. The summed E-state index contributed by atoms with van der Waals surface area (Å²) in [5, 5.41) is 2.04. The molecular weight excluding hydrogens is 460 g/mol. The molecule has 0 bridgehead atoms. The van der Waals surface area contributed by atoms with Gasteiger partial charge >= 0.3 is 5.97 Å². The molecule has 0 aliphatic carbocycles. The van der Waals surface area contributed by atoms with Crippen molar-refractivity contribution in [1.29, 1.82) is 0 Å². The van der Waals surface area contributed by atoms with Gasteiger partial charge in [-0.15, -0.1) is 0 Å². The molecule has 0 atom stereocenters. The highest BCUT2D eigenvalue weighted by Gasteiger charge is 2.25. The van der Waals surface area contributed by atoms with Gasteiger partial charge in [-0.3, -0.25) is 14.9 Å². The number of benzene rings is 2. The molecule has 32 heavy (non-hydrogen) atoms. The van der Waals surface area contributed by atoms with Gasteiger partial charge in [0.1, 0.15) is 5.75 Å². The van der Waals surface area contributed by atoms with Crippen molar-refractivity contribution in [3.8, 4) is 5.75 Å². The molecule has 0 aromatic heterocycles. The summed E-state index contributed by atoms with van der Waals surface area (Å²) in [6.07, 6.45) is 0. The van der Waals surface area contributed by atoms with E-state index in [1.807, 2.05) is 0 Å². The topological polar surface area (TPSA) is 119 Å². The lowest BCUT2D eigenvalue weighted by Crippen LogP contribution is -2.34. The molecule has 2 aromatic rings. The monoisotopic (exact) mass is 482 g/mol. The number of para-hydroxylation sites is 1. The first-order valence-electron chi connectivity index (χ1n) is 9.59. The number of carbonyl (C=O) groups is 3. The van der Waals surface area contributed by atoms with Crippen LogP contribution in [0.15, 0.2) is 47.4 Å². The number of nitrogens with zero attached hydrogens (tertiary/aromatic N) is 1. The predicted octanol–water partition coefficient (Wildman–Crippen LogP) is 2.49. The van der Waals surface area contributed by atoms with E-state index in [1.165, 1.54) is 29.6 Å². The molecule has 9 nitrogen and oxygen atoms in total. The van der Waals surface area contributed by atoms with Crippen molar-refractivity contribution >= 4 is 39.4 Å². The number of ether oxygens (including phenoxy) is 2. The predicted molar refractivity (Wildman–Crippen MR) is 117 cm³/mol. The molecule has 0 saturated carbocycles. The van der Waals surface area contributed by atoms with Crippen LogP contribution in [0.2, 0.25) is 5.02 Å². The van der Waals surface area contributed by atoms with Gasteiger partial charge in [-0.25, -0.2) is 13.2 Å². The molecule has 0 spiro atoms. The minimum atomic E-state index is -3.83. The number of hydrogen-bond donors (Lipinski definition) is 1. The molecule has 0 heterocycles. The summed E-state index contributed by atoms with van der Waals surface area (Å²) in [5.41, 5.74) is -0.0872. The molecule has 0 saturated heterocycles. The Bertz CT molecular complexity index is 1110. The van der Waals surface area contributed by atoms with Crippen LogP contribution in [-0.2, 0) is 19.6 Å². The number of imide groups is 1. The Hall–Kier alpha value is -2.95. The van der Waals surface area contributed by atoms with Crippen LogP contribution in [0, 0.1) is 0 Å². The highest BCUT2D eigenvalue weighted by atomic mass is 35.5. The van der Waals surface area contributed by atoms with Gasteiger partial charge in [-0.2, -0.15) is 4.31 Å². The third-order valence-corrected chi connectivity index (χ3v) is 6.82. The largest absolute Gasteiger partial charge is 0.496 e. The summed E-state index contributed by atoms with van der Waals surface area (Å²) in [5.74, 6) is -2.34. The number of carbonyl (C=O) groups excluding carboxylic acids is 3. The Morgan fingerprint density at radius 2 is 1.69 bits per heavy atom. The van der Waals surface area contributed by atoms with Crippen molar-refractivity contribution in [1.82, 2.24) is 9.62 Å². The normalized spacial score (nSPS) is 11.2. The smallest absolute Gasteiger partial charge is 0.340 e. The van der Waals surface area contributed by atoms with E-state index in [-0.39, 0.29) is 39.9 Å². The SMILES string of the molecule is CCN(CC)S(=O)(=O)c1ccc(Cl)c(C(=O)OCC(=O)NC(=O)c2ccccc2OC)c1. The molecule has 1 N–H and O–H groups in total. The third kappa shape index (κ3) is 5.84. The standard InChI is InChI=1S/C21H23ClN2O7S/c1-4-24(5-2)32(28,29)14-10-11-17(22)16(12-14)21(27)31-13-19(25)23-20(26)15-8-6-7-9-18(15)30-3/h6-12H,4-5,13H2,1-3H3,(H,23,25,26). The van der Waals surface area contributed by atoms with Crippen molar-refractivity contribution in [2.45, 2.75) is 18.7 Å². The fourth-order valence-electron chi connectivity index (χ4n) is 2.80. The van der Waals surface area contributed by atoms with Crippen molar-refractivity contribution < 1.29 is 32.3 Å². The Labute approximate surface area is 191 Å². The third-order valence-electron chi connectivity index (χ3n) is 4.44. The zero-order valence-corrected chi connectivity index (χ0v) is 19.3. The van der Waals surface area contributed by atoms with Gasteiger partial charge in [0.15, 0.2) is 6.61 Å². The van der Waals surface area contributed by atoms with E-state index in [1.54, 1.807) is 32.0 Å². The molecular formula is C21H23ClN2O7S. The zero-order valence-electron chi connectivity index (χ0n) is 17.8. The van der Waals surface area contributed by atoms with E-state index in [0.717, 1.165) is 6.07 Å². The number of nitrogens with one attached hydrogen (secondary N) is 1. The quantitative estimate of drug-likeness (QED) is 0.545. The number of sulfonamides is 1. The number of methoxy groups -OCH3 is 1. The lowest BCUT2D eigenvalue weighted by molar-refractivity contribution is -0.123. The second-order valence-electron chi connectivity index (χ2n) is 6.38. The van der Waals surface area contributed by atoms with Gasteiger partial charge in [-0.1, -0.05) is 37.6 Å². The van der Waals surface area contributed by atoms with Crippen LogP contribution in [0.1, 0.15) is 34.6 Å². The van der Waals surface area contributed by atoms with Crippen LogP contribution in [-0.4, -0.2) is 57.3 Å². The van der Waals surface area contributed by atoms with Crippen LogP contribution in [0.5, 0.6) is 5.75 Å². The molecule has 2 rings (SSSR count). The molecule has 11 heteroatoms. The van der Waals surface area contributed by atoms with Crippen LogP contribution in [0.4, 0.5) is 0 Å². The molecule has 0 fully saturated rings. The maximum absolute atomic E-state index is 12.7. The van der Waals surface area contributed by atoms with Crippen molar-refractivity contribution in [3.63, 3.8) is 0 Å². The molecule has 172 valence electrons. The molecule has 0 radical (unpaired) electrons. The summed E-state index contributed by atoms with van der Waals surface area (Å²) in [6.45, 7) is 3.11. The average Bonchev–Trinajstić information content (AvgIpc) is 2.78. The van der Waals surface area contributed by atoms with Gasteiger partial charge in [0, 0.05) is 13.1 Å². The summed E-state index contributed by atoms with van der Waals surface area (Å²) in [4.78, 5) is 36.6. The fourth-order valence-corrected chi connectivity index (χ4v) is 4.48. The van der Waals surface area contributed by atoms with Crippen LogP contribution in [0.25, 0.3) is 0 Å². The van der Waals surface area contributed by atoms with E-state index < -0.39 is 34.4 Å². The summed E-state index contributed by atoms with van der Waals surface area (Å²) in [7, 11) is -2.44. The summed E-state index contributed by atoms with van der Waals surface area (Å²) >= 11 is 6.02. The average molecular weight is 483 g/mol. The number of amides is 2. The minimum absolute atomic E-state index is 0.0426. The molecule has 0 aliphatic heterocycles. The number of hydrogen-bond acceptors (Lipinski definition) is 7. The number of esters is 1. The maximum atomic E-state index is 12.7.